The molecule has 0 spiro atoms. The van der Waals surface area contributed by atoms with Gasteiger partial charge in [0.2, 0.25) is 0 Å². The summed E-state index contributed by atoms with van der Waals surface area (Å²) < 4.78 is 4.00. The van der Waals surface area contributed by atoms with Gasteiger partial charge in [-0.3, -0.25) is 0 Å². The van der Waals surface area contributed by atoms with Gasteiger partial charge in [0.25, 0.3) is 0 Å². The van der Waals surface area contributed by atoms with E-state index in [0.717, 1.165) is 25.3 Å². The molecule has 1 N–H and O–H groups in total. The maximum atomic E-state index is 4.03. The van der Waals surface area contributed by atoms with Crippen LogP contribution in [0.25, 0.3) is 0 Å². The second-order valence-electron chi connectivity index (χ2n) is 3.97. The average molecular weight is 219 g/mol. The summed E-state index contributed by atoms with van der Waals surface area (Å²) in [5, 5.41) is 11.3. The van der Waals surface area contributed by atoms with Crippen LogP contribution in [0, 0.1) is 0 Å². The zero-order valence-corrected chi connectivity index (χ0v) is 9.72. The van der Waals surface area contributed by atoms with Crippen molar-refractivity contribution in [3.8, 4) is 0 Å². The normalized spacial score (nSPS) is 10.9. The van der Waals surface area contributed by atoms with Crippen molar-refractivity contribution in [1.29, 1.82) is 0 Å². The van der Waals surface area contributed by atoms with Crippen molar-refractivity contribution in [2.24, 2.45) is 14.1 Å². The maximum absolute atomic E-state index is 4.03. The van der Waals surface area contributed by atoms with E-state index in [9.17, 15) is 0 Å². The number of hydrogen-bond donors (Lipinski definition) is 1. The highest BCUT2D eigenvalue weighted by molar-refractivity contribution is 5.09. The molecule has 86 valence electrons. The summed E-state index contributed by atoms with van der Waals surface area (Å²) >= 11 is 0. The van der Waals surface area contributed by atoms with E-state index < -0.39 is 0 Å². The average Bonchev–Trinajstić information content (AvgIpc) is 2.83. The molecule has 0 bridgehead atoms. The Labute approximate surface area is 95.1 Å². The Hall–Kier alpha value is -1.62. The summed E-state index contributed by atoms with van der Waals surface area (Å²) in [6.45, 7) is 1.82. The standard InChI is InChI=1S/C11H17N5/c1-15-6-4-10(8-15)7-12-5-3-11-14-13-9-16(11)2/h4,6,8-9,12H,3,5,7H2,1-2H3. The minimum absolute atomic E-state index is 0.901. The zero-order chi connectivity index (χ0) is 11.4. The van der Waals surface area contributed by atoms with Crippen LogP contribution >= 0.6 is 0 Å². The highest BCUT2D eigenvalue weighted by Gasteiger charge is 1.99. The molecule has 0 saturated carbocycles. The number of aromatic nitrogens is 4. The molecular formula is C11H17N5. The minimum atomic E-state index is 0.901. The van der Waals surface area contributed by atoms with Crippen LogP contribution < -0.4 is 5.32 Å². The van der Waals surface area contributed by atoms with Gasteiger partial charge in [-0.25, -0.2) is 0 Å². The molecular weight excluding hydrogens is 202 g/mol. The lowest BCUT2D eigenvalue weighted by molar-refractivity contribution is 0.653. The molecule has 2 aromatic heterocycles. The van der Waals surface area contributed by atoms with E-state index in [0.29, 0.717) is 0 Å². The van der Waals surface area contributed by atoms with Gasteiger partial charge in [0, 0.05) is 46.0 Å². The van der Waals surface area contributed by atoms with Crippen LogP contribution in [-0.2, 0) is 27.1 Å². The molecule has 2 rings (SSSR count). The van der Waals surface area contributed by atoms with Gasteiger partial charge in [-0.05, 0) is 11.6 Å². The molecule has 0 aromatic carbocycles. The Morgan fingerprint density at radius 3 is 2.88 bits per heavy atom. The quantitative estimate of drug-likeness (QED) is 0.744. The van der Waals surface area contributed by atoms with Gasteiger partial charge in [0.1, 0.15) is 12.2 Å². The zero-order valence-electron chi connectivity index (χ0n) is 9.72. The van der Waals surface area contributed by atoms with E-state index in [-0.39, 0.29) is 0 Å². The number of aryl methyl sites for hydroxylation is 2. The Bertz CT molecular complexity index is 443. The Balaban J connectivity index is 1.71. The molecule has 0 saturated heterocycles. The van der Waals surface area contributed by atoms with Crippen molar-refractivity contribution in [3.63, 3.8) is 0 Å². The van der Waals surface area contributed by atoms with Crippen LogP contribution in [0.2, 0.25) is 0 Å². The number of hydrogen-bond acceptors (Lipinski definition) is 3. The molecule has 5 nitrogen and oxygen atoms in total. The van der Waals surface area contributed by atoms with Crippen molar-refractivity contribution in [2.45, 2.75) is 13.0 Å². The topological polar surface area (TPSA) is 47.7 Å². The van der Waals surface area contributed by atoms with Crippen LogP contribution in [0.15, 0.2) is 24.8 Å². The van der Waals surface area contributed by atoms with Crippen LogP contribution in [-0.4, -0.2) is 25.9 Å². The van der Waals surface area contributed by atoms with Crippen molar-refractivity contribution < 1.29 is 0 Å². The van der Waals surface area contributed by atoms with Gasteiger partial charge in [-0.2, -0.15) is 0 Å². The predicted molar refractivity (Wildman–Crippen MR) is 61.8 cm³/mol. The van der Waals surface area contributed by atoms with Gasteiger partial charge < -0.3 is 14.5 Å². The minimum Gasteiger partial charge on any atom is -0.357 e. The molecule has 16 heavy (non-hydrogen) atoms. The molecule has 0 atom stereocenters. The summed E-state index contributed by atoms with van der Waals surface area (Å²) in [6, 6.07) is 2.12. The van der Waals surface area contributed by atoms with E-state index in [1.807, 2.05) is 18.7 Å². The van der Waals surface area contributed by atoms with Crippen LogP contribution in [0.4, 0.5) is 0 Å². The fourth-order valence-electron chi connectivity index (χ4n) is 1.63. The molecule has 2 aromatic rings. The van der Waals surface area contributed by atoms with Crippen LogP contribution in [0.3, 0.4) is 0 Å². The van der Waals surface area contributed by atoms with Crippen LogP contribution in [0.1, 0.15) is 11.4 Å². The molecule has 5 heteroatoms. The lowest BCUT2D eigenvalue weighted by Crippen LogP contribution is -2.17. The summed E-state index contributed by atoms with van der Waals surface area (Å²) in [5.74, 6) is 1.01. The molecule has 0 aliphatic heterocycles. The third-order valence-electron chi connectivity index (χ3n) is 2.55. The van der Waals surface area contributed by atoms with Gasteiger partial charge in [-0.15, -0.1) is 10.2 Å². The van der Waals surface area contributed by atoms with E-state index in [1.54, 1.807) is 6.33 Å². The van der Waals surface area contributed by atoms with Gasteiger partial charge >= 0.3 is 0 Å². The second-order valence-corrected chi connectivity index (χ2v) is 3.97. The summed E-state index contributed by atoms with van der Waals surface area (Å²) in [4.78, 5) is 0. The van der Waals surface area contributed by atoms with E-state index in [1.165, 1.54) is 5.56 Å². The van der Waals surface area contributed by atoms with Gasteiger partial charge in [0.05, 0.1) is 0 Å². The van der Waals surface area contributed by atoms with E-state index in [2.05, 4.69) is 38.5 Å². The fourth-order valence-corrected chi connectivity index (χ4v) is 1.63. The first-order valence-electron chi connectivity index (χ1n) is 5.40. The lowest BCUT2D eigenvalue weighted by Gasteiger charge is -2.02. The van der Waals surface area contributed by atoms with Gasteiger partial charge in [-0.1, -0.05) is 0 Å². The molecule has 0 radical (unpaired) electrons. The third kappa shape index (κ3) is 2.70. The predicted octanol–water partition coefficient (Wildman–Crippen LogP) is 0.486. The molecule has 0 aliphatic carbocycles. The smallest absolute Gasteiger partial charge is 0.133 e. The van der Waals surface area contributed by atoms with E-state index in [4.69, 9.17) is 0 Å². The molecule has 0 unspecified atom stereocenters. The van der Waals surface area contributed by atoms with E-state index >= 15 is 0 Å². The Morgan fingerprint density at radius 1 is 1.38 bits per heavy atom. The monoisotopic (exact) mass is 219 g/mol. The van der Waals surface area contributed by atoms with Crippen molar-refractivity contribution in [1.82, 2.24) is 24.6 Å². The SMILES string of the molecule is Cn1ccc(CNCCc2nncn2C)c1. The molecule has 0 amide bonds. The number of nitrogens with zero attached hydrogens (tertiary/aromatic N) is 4. The summed E-state index contributed by atoms with van der Waals surface area (Å²) in [5.41, 5.74) is 1.31. The Kier molecular flexibility index (Phi) is 3.36. The fraction of sp³-hybridized carbons (Fsp3) is 0.455. The summed E-state index contributed by atoms with van der Waals surface area (Å²) in [6.07, 6.45) is 6.81. The van der Waals surface area contributed by atoms with Crippen molar-refractivity contribution in [3.05, 3.63) is 36.2 Å². The first-order valence-corrected chi connectivity index (χ1v) is 5.40. The first-order chi connectivity index (χ1) is 7.75. The third-order valence-corrected chi connectivity index (χ3v) is 2.55. The largest absolute Gasteiger partial charge is 0.357 e. The number of rotatable bonds is 5. The molecule has 0 fully saturated rings. The number of nitrogens with one attached hydrogen (secondary N) is 1. The van der Waals surface area contributed by atoms with Crippen molar-refractivity contribution in [2.75, 3.05) is 6.54 Å². The highest BCUT2D eigenvalue weighted by Crippen LogP contribution is 1.98. The molecule has 2 heterocycles. The summed E-state index contributed by atoms with van der Waals surface area (Å²) in [7, 11) is 4.00. The molecule has 0 aliphatic rings. The second kappa shape index (κ2) is 4.94. The lowest BCUT2D eigenvalue weighted by atomic mass is 10.3. The first kappa shape index (κ1) is 10.9. The van der Waals surface area contributed by atoms with Crippen molar-refractivity contribution >= 4 is 0 Å². The van der Waals surface area contributed by atoms with Gasteiger partial charge in [0.15, 0.2) is 0 Å². The highest BCUT2D eigenvalue weighted by atomic mass is 15.2. The Morgan fingerprint density at radius 2 is 2.25 bits per heavy atom. The maximum Gasteiger partial charge on any atom is 0.133 e. The van der Waals surface area contributed by atoms with Crippen LogP contribution in [0.5, 0.6) is 0 Å².